The van der Waals surface area contributed by atoms with E-state index in [1.807, 2.05) is 0 Å². The van der Waals surface area contributed by atoms with Crippen molar-refractivity contribution in [1.29, 1.82) is 0 Å². The molecule has 2 aliphatic heterocycles. The molecule has 4 atom stereocenters. The molecule has 18 heavy (non-hydrogen) atoms. The van der Waals surface area contributed by atoms with E-state index in [0.29, 0.717) is 12.1 Å². The second kappa shape index (κ2) is 5.90. The molecule has 2 bridgehead atoms. The number of alkyl halides is 2. The monoisotopic (exact) mass is 305 g/mol. The molecule has 2 saturated heterocycles. The minimum atomic E-state index is 0. The van der Waals surface area contributed by atoms with Crippen molar-refractivity contribution in [2.75, 3.05) is 4.90 Å². The zero-order chi connectivity index (χ0) is 11.8. The molecule has 0 spiro atoms. The third-order valence-corrected chi connectivity index (χ3v) is 5.10. The molecule has 0 amide bonds. The van der Waals surface area contributed by atoms with E-state index in [9.17, 15) is 0 Å². The third-order valence-electron chi connectivity index (χ3n) is 4.08. The fourth-order valence-corrected chi connectivity index (χ4v) is 4.01. The lowest BCUT2D eigenvalue weighted by Gasteiger charge is -2.33. The van der Waals surface area contributed by atoms with E-state index < -0.39 is 0 Å². The van der Waals surface area contributed by atoms with Gasteiger partial charge in [0.15, 0.2) is 0 Å². The fourth-order valence-electron chi connectivity index (χ4n) is 3.26. The number of nitrogens with zero attached hydrogens (tertiary/aromatic N) is 1. The van der Waals surface area contributed by atoms with Gasteiger partial charge in [-0.25, -0.2) is 0 Å². The van der Waals surface area contributed by atoms with Crippen LogP contribution in [0.1, 0.15) is 25.7 Å². The largest absolute Gasteiger partial charge is 0.363 e. The van der Waals surface area contributed by atoms with Gasteiger partial charge in [0, 0.05) is 17.8 Å². The van der Waals surface area contributed by atoms with Gasteiger partial charge in [0.25, 0.3) is 0 Å². The molecular weight excluding hydrogens is 289 g/mol. The maximum absolute atomic E-state index is 6.52. The second-order valence-corrected chi connectivity index (χ2v) is 6.19. The first-order valence-electron chi connectivity index (χ1n) is 6.39. The van der Waals surface area contributed by atoms with E-state index >= 15 is 0 Å². The molecule has 4 heteroatoms. The number of para-hydroxylation sites is 1. The number of anilines is 1. The van der Waals surface area contributed by atoms with Gasteiger partial charge in [-0.2, -0.15) is 0 Å². The van der Waals surface area contributed by atoms with Crippen LogP contribution in [0, 0.1) is 0 Å². The number of benzene rings is 1. The first kappa shape index (κ1) is 14.3. The second-order valence-electron chi connectivity index (χ2n) is 5.06. The molecule has 0 unspecified atom stereocenters. The maximum atomic E-state index is 6.52. The van der Waals surface area contributed by atoms with Crippen LogP contribution in [0.25, 0.3) is 0 Å². The summed E-state index contributed by atoms with van der Waals surface area (Å²) in [7, 11) is 0. The molecule has 0 N–H and O–H groups in total. The van der Waals surface area contributed by atoms with Gasteiger partial charge >= 0.3 is 0 Å². The summed E-state index contributed by atoms with van der Waals surface area (Å²) in [5.74, 6) is 0. The highest BCUT2D eigenvalue weighted by molar-refractivity contribution is 6.23. The summed E-state index contributed by atoms with van der Waals surface area (Å²) in [6, 6.07) is 11.5. The van der Waals surface area contributed by atoms with Gasteiger partial charge in [0.05, 0.1) is 10.8 Å². The Labute approximate surface area is 125 Å². The molecule has 0 radical (unpaired) electrons. The van der Waals surface area contributed by atoms with E-state index in [1.54, 1.807) is 0 Å². The highest BCUT2D eigenvalue weighted by Gasteiger charge is 2.43. The fraction of sp³-hybridized carbons (Fsp3) is 0.571. The third kappa shape index (κ3) is 2.45. The van der Waals surface area contributed by atoms with Gasteiger partial charge in [0.1, 0.15) is 0 Å². The Bertz CT molecular complexity index is 366. The van der Waals surface area contributed by atoms with Crippen molar-refractivity contribution in [3.05, 3.63) is 30.3 Å². The zero-order valence-corrected chi connectivity index (χ0v) is 12.5. The molecule has 100 valence electrons. The minimum absolute atomic E-state index is 0. The van der Waals surface area contributed by atoms with Crippen molar-refractivity contribution >= 4 is 41.3 Å². The van der Waals surface area contributed by atoms with Crippen molar-refractivity contribution in [2.45, 2.75) is 48.5 Å². The molecule has 2 heterocycles. The van der Waals surface area contributed by atoms with Crippen LogP contribution in [-0.4, -0.2) is 22.8 Å². The van der Waals surface area contributed by atoms with E-state index in [-0.39, 0.29) is 23.2 Å². The smallest absolute Gasteiger partial charge is 0.0540 e. The van der Waals surface area contributed by atoms with Crippen LogP contribution >= 0.6 is 35.6 Å². The summed E-state index contributed by atoms with van der Waals surface area (Å²) in [4.78, 5) is 2.47. The van der Waals surface area contributed by atoms with E-state index in [1.165, 1.54) is 18.5 Å². The molecule has 3 rings (SSSR count). The number of halogens is 3. The highest BCUT2D eigenvalue weighted by atomic mass is 35.5. The van der Waals surface area contributed by atoms with Gasteiger partial charge in [-0.05, 0) is 37.8 Å². The Kier molecular flexibility index (Phi) is 4.69. The molecule has 1 nitrogen and oxygen atoms in total. The average molecular weight is 307 g/mol. The lowest BCUT2D eigenvalue weighted by molar-refractivity contribution is 0.566. The Morgan fingerprint density at radius 1 is 0.833 bits per heavy atom. The molecular formula is C14H18Cl3N. The molecule has 1 aromatic rings. The standard InChI is InChI=1S/C14H17Cl2N.ClH/c15-11-6-7-12(16)14-9-8-13(11)17(14)10-4-2-1-3-5-10;/h1-5,11-14H,6-9H2;1H/t11-,12-,13-,14+;/m0./s1. The summed E-state index contributed by atoms with van der Waals surface area (Å²) in [6.45, 7) is 0. The van der Waals surface area contributed by atoms with Crippen LogP contribution in [0.2, 0.25) is 0 Å². The Morgan fingerprint density at radius 2 is 1.33 bits per heavy atom. The van der Waals surface area contributed by atoms with Crippen molar-refractivity contribution in [2.24, 2.45) is 0 Å². The number of rotatable bonds is 1. The van der Waals surface area contributed by atoms with Gasteiger partial charge in [-0.1, -0.05) is 18.2 Å². The lowest BCUT2D eigenvalue weighted by Crippen LogP contribution is -2.41. The van der Waals surface area contributed by atoms with Crippen LogP contribution in [0.3, 0.4) is 0 Å². The van der Waals surface area contributed by atoms with Gasteiger partial charge in [-0.15, -0.1) is 35.6 Å². The topological polar surface area (TPSA) is 3.24 Å². The normalized spacial score (nSPS) is 34.9. The maximum Gasteiger partial charge on any atom is 0.0540 e. The van der Waals surface area contributed by atoms with E-state index in [0.717, 1.165) is 12.8 Å². The van der Waals surface area contributed by atoms with Gasteiger partial charge in [0.2, 0.25) is 0 Å². The average Bonchev–Trinajstić information content (AvgIpc) is 2.76. The Morgan fingerprint density at radius 3 is 1.83 bits per heavy atom. The Hall–Kier alpha value is -0.110. The summed E-state index contributed by atoms with van der Waals surface area (Å²) in [5, 5.41) is 0.480. The summed E-state index contributed by atoms with van der Waals surface area (Å²) < 4.78 is 0. The van der Waals surface area contributed by atoms with Crippen molar-refractivity contribution < 1.29 is 0 Å². The first-order valence-corrected chi connectivity index (χ1v) is 7.26. The van der Waals surface area contributed by atoms with Crippen LogP contribution in [0.15, 0.2) is 30.3 Å². The number of hydrogen-bond donors (Lipinski definition) is 0. The predicted molar refractivity (Wildman–Crippen MR) is 81.5 cm³/mol. The Balaban J connectivity index is 0.00000120. The van der Waals surface area contributed by atoms with Gasteiger partial charge < -0.3 is 4.90 Å². The molecule has 0 aliphatic carbocycles. The van der Waals surface area contributed by atoms with Crippen molar-refractivity contribution in [3.8, 4) is 0 Å². The first-order chi connectivity index (χ1) is 8.27. The molecule has 0 saturated carbocycles. The SMILES string of the molecule is Cl.Cl[C@H]1CC[C@H](Cl)[C@@H]2CC[C@H]1N2c1ccccc1. The van der Waals surface area contributed by atoms with Crippen LogP contribution in [0.4, 0.5) is 5.69 Å². The summed E-state index contributed by atoms with van der Waals surface area (Å²) >= 11 is 13.0. The predicted octanol–water partition coefficient (Wildman–Crippen LogP) is 4.45. The van der Waals surface area contributed by atoms with Crippen LogP contribution in [0.5, 0.6) is 0 Å². The lowest BCUT2D eigenvalue weighted by atomic mass is 10.0. The number of hydrogen-bond acceptors (Lipinski definition) is 1. The van der Waals surface area contributed by atoms with Crippen LogP contribution < -0.4 is 4.90 Å². The molecule has 2 fully saturated rings. The van der Waals surface area contributed by atoms with E-state index in [4.69, 9.17) is 23.2 Å². The quantitative estimate of drug-likeness (QED) is 0.693. The zero-order valence-electron chi connectivity index (χ0n) is 10.1. The highest BCUT2D eigenvalue weighted by Crippen LogP contribution is 2.41. The number of fused-ring (bicyclic) bond motifs is 2. The van der Waals surface area contributed by atoms with Crippen molar-refractivity contribution in [3.63, 3.8) is 0 Å². The van der Waals surface area contributed by atoms with Crippen molar-refractivity contribution in [1.82, 2.24) is 0 Å². The summed E-state index contributed by atoms with van der Waals surface area (Å²) in [6.07, 6.45) is 4.44. The van der Waals surface area contributed by atoms with Crippen LogP contribution in [-0.2, 0) is 0 Å². The van der Waals surface area contributed by atoms with E-state index in [2.05, 4.69) is 35.2 Å². The molecule has 0 aromatic heterocycles. The van der Waals surface area contributed by atoms with Gasteiger partial charge in [-0.3, -0.25) is 0 Å². The molecule has 2 aliphatic rings. The summed E-state index contributed by atoms with van der Waals surface area (Å²) in [5.41, 5.74) is 1.28. The minimum Gasteiger partial charge on any atom is -0.363 e. The molecule has 1 aromatic carbocycles.